The fourth-order valence-corrected chi connectivity index (χ4v) is 2.88. The number of piperidine rings is 1. The molecule has 2 unspecified atom stereocenters. The van der Waals surface area contributed by atoms with Crippen LogP contribution < -0.4 is 0 Å². The molecular weight excluding hydrogens is 218 g/mol. The molecule has 86 valence electrons. The zero-order chi connectivity index (χ0) is 10.1. The number of rotatable bonds is 2. The van der Waals surface area contributed by atoms with Gasteiger partial charge in [0.05, 0.1) is 0 Å². The van der Waals surface area contributed by atoms with Crippen LogP contribution in [0.2, 0.25) is 0 Å². The molecule has 0 amide bonds. The molecule has 2 aliphatic heterocycles. The van der Waals surface area contributed by atoms with Gasteiger partial charge in [-0.1, -0.05) is 36.4 Å². The summed E-state index contributed by atoms with van der Waals surface area (Å²) in [6.07, 6.45) is 7.29. The van der Waals surface area contributed by atoms with Crippen LogP contribution in [0, 0.1) is 11.8 Å². The minimum atomic E-state index is 0. The molecule has 0 spiro atoms. The highest BCUT2D eigenvalue weighted by atomic mass is 35.5. The lowest BCUT2D eigenvalue weighted by atomic mass is 9.87. The molecular formula is C14H18ClN. The molecule has 2 heterocycles. The summed E-state index contributed by atoms with van der Waals surface area (Å²) in [5, 5.41) is 0. The first kappa shape index (κ1) is 11.5. The Kier molecular flexibility index (Phi) is 3.55. The third kappa shape index (κ3) is 2.41. The van der Waals surface area contributed by atoms with Gasteiger partial charge < -0.3 is 4.90 Å². The highest BCUT2D eigenvalue weighted by molar-refractivity contribution is 5.85. The zero-order valence-corrected chi connectivity index (χ0v) is 10.2. The Labute approximate surface area is 104 Å². The van der Waals surface area contributed by atoms with Crippen molar-refractivity contribution in [2.24, 2.45) is 11.8 Å². The topological polar surface area (TPSA) is 3.24 Å². The first-order chi connectivity index (χ1) is 7.40. The third-order valence-electron chi connectivity index (χ3n) is 3.53. The summed E-state index contributed by atoms with van der Waals surface area (Å²) in [5.41, 5.74) is 1.49. The van der Waals surface area contributed by atoms with Crippen LogP contribution in [0.4, 0.5) is 0 Å². The number of halogens is 1. The Morgan fingerprint density at radius 3 is 2.69 bits per heavy atom. The normalized spacial score (nSPS) is 26.6. The summed E-state index contributed by atoms with van der Waals surface area (Å²) in [4.78, 5) is 2.47. The number of nitrogens with zero attached hydrogens (tertiary/aromatic N) is 1. The lowest BCUT2D eigenvalue weighted by Crippen LogP contribution is -2.33. The first-order valence-electron chi connectivity index (χ1n) is 5.86. The molecule has 1 fully saturated rings. The van der Waals surface area contributed by atoms with E-state index >= 15 is 0 Å². The van der Waals surface area contributed by atoms with Gasteiger partial charge in [-0.25, -0.2) is 0 Å². The largest absolute Gasteiger partial charge is 0.377 e. The molecule has 0 aliphatic carbocycles. The summed E-state index contributed by atoms with van der Waals surface area (Å²) in [7, 11) is 0. The standard InChI is InChI=1S/C14H17N.ClH/c1-2-4-12(5-3-1)8-14-9-13-6-7-15(10-13)11-14;/h1-7,13-14H,8-11H2;1H. The van der Waals surface area contributed by atoms with E-state index in [1.165, 1.54) is 31.5 Å². The SMILES string of the molecule is C1=CN2CC1CC(Cc1ccccc1)C2.Cl. The minimum absolute atomic E-state index is 0. The van der Waals surface area contributed by atoms with E-state index in [0.29, 0.717) is 0 Å². The summed E-state index contributed by atoms with van der Waals surface area (Å²) >= 11 is 0. The molecule has 1 saturated heterocycles. The Morgan fingerprint density at radius 2 is 1.94 bits per heavy atom. The van der Waals surface area contributed by atoms with E-state index in [1.807, 2.05) is 0 Å². The van der Waals surface area contributed by atoms with E-state index < -0.39 is 0 Å². The first-order valence-corrected chi connectivity index (χ1v) is 5.86. The molecule has 2 heteroatoms. The molecule has 2 bridgehead atoms. The summed E-state index contributed by atoms with van der Waals surface area (Å²) < 4.78 is 0. The van der Waals surface area contributed by atoms with Gasteiger partial charge >= 0.3 is 0 Å². The van der Waals surface area contributed by atoms with Gasteiger partial charge in [-0.3, -0.25) is 0 Å². The van der Waals surface area contributed by atoms with Crippen molar-refractivity contribution in [3.05, 3.63) is 48.2 Å². The van der Waals surface area contributed by atoms with Crippen molar-refractivity contribution in [1.82, 2.24) is 4.90 Å². The average molecular weight is 236 g/mol. The van der Waals surface area contributed by atoms with Crippen molar-refractivity contribution in [2.75, 3.05) is 13.1 Å². The van der Waals surface area contributed by atoms with E-state index in [0.717, 1.165) is 11.8 Å². The lowest BCUT2D eigenvalue weighted by molar-refractivity contribution is 0.220. The fourth-order valence-electron chi connectivity index (χ4n) is 2.88. The van der Waals surface area contributed by atoms with Crippen LogP contribution in [-0.4, -0.2) is 18.0 Å². The van der Waals surface area contributed by atoms with E-state index in [4.69, 9.17) is 0 Å². The Hall–Kier alpha value is -0.950. The predicted molar refractivity (Wildman–Crippen MR) is 69.7 cm³/mol. The van der Waals surface area contributed by atoms with E-state index in [-0.39, 0.29) is 12.4 Å². The van der Waals surface area contributed by atoms with Gasteiger partial charge in [0.2, 0.25) is 0 Å². The van der Waals surface area contributed by atoms with Gasteiger partial charge in [0, 0.05) is 13.1 Å². The van der Waals surface area contributed by atoms with Crippen molar-refractivity contribution in [3.8, 4) is 0 Å². The van der Waals surface area contributed by atoms with Crippen LogP contribution in [0.1, 0.15) is 12.0 Å². The van der Waals surface area contributed by atoms with Crippen LogP contribution in [-0.2, 0) is 6.42 Å². The molecule has 1 nitrogen and oxygen atoms in total. The summed E-state index contributed by atoms with van der Waals surface area (Å²) in [6, 6.07) is 10.9. The highest BCUT2D eigenvalue weighted by Gasteiger charge is 2.27. The van der Waals surface area contributed by atoms with E-state index in [2.05, 4.69) is 47.5 Å². The highest BCUT2D eigenvalue weighted by Crippen LogP contribution is 2.29. The molecule has 0 saturated carbocycles. The van der Waals surface area contributed by atoms with Crippen LogP contribution in [0.25, 0.3) is 0 Å². The molecule has 0 radical (unpaired) electrons. The van der Waals surface area contributed by atoms with Crippen molar-refractivity contribution >= 4 is 12.4 Å². The number of hydrogen-bond acceptors (Lipinski definition) is 1. The lowest BCUT2D eigenvalue weighted by Gasteiger charge is -2.31. The van der Waals surface area contributed by atoms with E-state index in [1.54, 1.807) is 0 Å². The third-order valence-corrected chi connectivity index (χ3v) is 3.53. The zero-order valence-electron chi connectivity index (χ0n) is 9.38. The van der Waals surface area contributed by atoms with Crippen LogP contribution >= 0.6 is 12.4 Å². The molecule has 1 aromatic carbocycles. The smallest absolute Gasteiger partial charge is 0.0236 e. The molecule has 3 rings (SSSR count). The maximum absolute atomic E-state index is 2.47. The number of benzene rings is 1. The second-order valence-corrected chi connectivity index (χ2v) is 4.85. The van der Waals surface area contributed by atoms with Crippen LogP contribution in [0.3, 0.4) is 0 Å². The molecule has 1 aromatic rings. The van der Waals surface area contributed by atoms with Gasteiger partial charge in [0.25, 0.3) is 0 Å². The van der Waals surface area contributed by atoms with Crippen LogP contribution in [0.5, 0.6) is 0 Å². The predicted octanol–water partition coefficient (Wildman–Crippen LogP) is 3.12. The Balaban J connectivity index is 0.000000963. The maximum atomic E-state index is 2.47. The monoisotopic (exact) mass is 235 g/mol. The van der Waals surface area contributed by atoms with Gasteiger partial charge in [0.1, 0.15) is 0 Å². The van der Waals surface area contributed by atoms with E-state index in [9.17, 15) is 0 Å². The quantitative estimate of drug-likeness (QED) is 0.762. The minimum Gasteiger partial charge on any atom is -0.377 e. The average Bonchev–Trinajstić information content (AvgIpc) is 2.60. The van der Waals surface area contributed by atoms with Crippen molar-refractivity contribution in [2.45, 2.75) is 12.8 Å². The Bertz CT molecular complexity index is 346. The Morgan fingerprint density at radius 1 is 1.12 bits per heavy atom. The second kappa shape index (κ2) is 4.92. The van der Waals surface area contributed by atoms with Crippen molar-refractivity contribution in [3.63, 3.8) is 0 Å². The van der Waals surface area contributed by atoms with Gasteiger partial charge in [-0.05, 0) is 36.4 Å². The summed E-state index contributed by atoms with van der Waals surface area (Å²) in [5.74, 6) is 1.67. The van der Waals surface area contributed by atoms with Crippen molar-refractivity contribution in [1.29, 1.82) is 0 Å². The maximum Gasteiger partial charge on any atom is 0.0236 e. The fraction of sp³-hybridized carbons (Fsp3) is 0.429. The molecule has 16 heavy (non-hydrogen) atoms. The number of fused-ring (bicyclic) bond motifs is 2. The van der Waals surface area contributed by atoms with Crippen molar-refractivity contribution < 1.29 is 0 Å². The molecule has 0 aromatic heterocycles. The molecule has 2 atom stereocenters. The van der Waals surface area contributed by atoms with Gasteiger partial charge in [0.15, 0.2) is 0 Å². The number of hydrogen-bond donors (Lipinski definition) is 0. The van der Waals surface area contributed by atoms with Gasteiger partial charge in [-0.15, -0.1) is 12.4 Å². The molecule has 2 aliphatic rings. The van der Waals surface area contributed by atoms with Gasteiger partial charge in [-0.2, -0.15) is 0 Å². The molecule has 0 N–H and O–H groups in total. The van der Waals surface area contributed by atoms with Crippen LogP contribution in [0.15, 0.2) is 42.6 Å². The second-order valence-electron chi connectivity index (χ2n) is 4.85. The summed E-state index contributed by atoms with van der Waals surface area (Å²) in [6.45, 7) is 2.52.